The highest BCUT2D eigenvalue weighted by atomic mass is 79.9. The van der Waals surface area contributed by atoms with Crippen molar-refractivity contribution in [1.82, 2.24) is 15.2 Å². The molecule has 0 saturated heterocycles. The van der Waals surface area contributed by atoms with Crippen molar-refractivity contribution in [3.8, 4) is 0 Å². The zero-order valence-corrected chi connectivity index (χ0v) is 10.1. The molecule has 0 spiro atoms. The SMILES string of the molecule is Cc1cn[nH]c1NC(=O)c1ccc(Br)cn1. The molecule has 82 valence electrons. The Morgan fingerprint density at radius 2 is 2.25 bits per heavy atom. The molecule has 0 aliphatic carbocycles. The molecule has 0 atom stereocenters. The van der Waals surface area contributed by atoms with Crippen molar-refractivity contribution in [2.45, 2.75) is 6.92 Å². The minimum Gasteiger partial charge on any atom is -0.305 e. The Balaban J connectivity index is 2.15. The number of aromatic nitrogens is 3. The fraction of sp³-hybridized carbons (Fsp3) is 0.100. The third-order valence-corrected chi connectivity index (χ3v) is 2.50. The predicted octanol–water partition coefficient (Wildman–Crippen LogP) is 2.13. The van der Waals surface area contributed by atoms with Gasteiger partial charge in [0.25, 0.3) is 5.91 Å². The van der Waals surface area contributed by atoms with Crippen LogP contribution >= 0.6 is 15.9 Å². The van der Waals surface area contributed by atoms with E-state index in [0.717, 1.165) is 10.0 Å². The topological polar surface area (TPSA) is 70.7 Å². The second kappa shape index (κ2) is 4.44. The molecule has 2 rings (SSSR count). The molecule has 2 heterocycles. The van der Waals surface area contributed by atoms with Gasteiger partial charge in [0, 0.05) is 16.2 Å². The summed E-state index contributed by atoms with van der Waals surface area (Å²) in [5.41, 5.74) is 1.24. The first kappa shape index (κ1) is 10.8. The molecule has 0 bridgehead atoms. The number of carbonyl (C=O) groups is 1. The molecule has 0 fully saturated rings. The molecule has 5 nitrogen and oxygen atoms in total. The minimum absolute atomic E-state index is 0.264. The highest BCUT2D eigenvalue weighted by Gasteiger charge is 2.09. The van der Waals surface area contributed by atoms with E-state index in [1.165, 1.54) is 0 Å². The summed E-state index contributed by atoms with van der Waals surface area (Å²) in [6.07, 6.45) is 3.22. The lowest BCUT2D eigenvalue weighted by atomic mass is 10.3. The number of hydrogen-bond donors (Lipinski definition) is 2. The summed E-state index contributed by atoms with van der Waals surface area (Å²) in [5.74, 6) is 0.328. The molecule has 0 saturated carbocycles. The van der Waals surface area contributed by atoms with Crippen molar-refractivity contribution in [1.29, 1.82) is 0 Å². The molecule has 1 amide bonds. The Labute approximate surface area is 100 Å². The van der Waals surface area contributed by atoms with E-state index in [-0.39, 0.29) is 5.91 Å². The maximum absolute atomic E-state index is 11.7. The van der Waals surface area contributed by atoms with Crippen molar-refractivity contribution in [2.75, 3.05) is 5.32 Å². The lowest BCUT2D eigenvalue weighted by Gasteiger charge is -2.02. The molecular weight excluding hydrogens is 272 g/mol. The van der Waals surface area contributed by atoms with Gasteiger partial charge in [0.15, 0.2) is 0 Å². The van der Waals surface area contributed by atoms with E-state index in [1.54, 1.807) is 24.5 Å². The van der Waals surface area contributed by atoms with Crippen LogP contribution in [0.5, 0.6) is 0 Å². The number of anilines is 1. The molecule has 6 heteroatoms. The minimum atomic E-state index is -0.264. The average molecular weight is 281 g/mol. The maximum atomic E-state index is 11.7. The number of H-pyrrole nitrogens is 1. The molecule has 16 heavy (non-hydrogen) atoms. The first-order valence-corrected chi connectivity index (χ1v) is 5.39. The second-order valence-electron chi connectivity index (χ2n) is 3.24. The lowest BCUT2D eigenvalue weighted by Crippen LogP contribution is -2.14. The van der Waals surface area contributed by atoms with E-state index in [9.17, 15) is 4.79 Å². The molecule has 2 N–H and O–H groups in total. The van der Waals surface area contributed by atoms with Crippen LogP contribution in [0.1, 0.15) is 16.1 Å². The highest BCUT2D eigenvalue weighted by Crippen LogP contribution is 2.11. The Kier molecular flexibility index (Phi) is 3.00. The van der Waals surface area contributed by atoms with E-state index in [4.69, 9.17) is 0 Å². The molecule has 0 aliphatic rings. The van der Waals surface area contributed by atoms with E-state index in [2.05, 4.69) is 36.4 Å². The van der Waals surface area contributed by atoms with Crippen LogP contribution in [0.4, 0.5) is 5.82 Å². The summed E-state index contributed by atoms with van der Waals surface area (Å²) < 4.78 is 0.835. The summed E-state index contributed by atoms with van der Waals surface area (Å²) in [6.45, 7) is 1.86. The number of pyridine rings is 1. The fourth-order valence-corrected chi connectivity index (χ4v) is 1.40. The lowest BCUT2D eigenvalue weighted by molar-refractivity contribution is 0.102. The first-order chi connectivity index (χ1) is 7.66. The van der Waals surface area contributed by atoms with Crippen molar-refractivity contribution in [3.63, 3.8) is 0 Å². The third-order valence-electron chi connectivity index (χ3n) is 2.03. The monoisotopic (exact) mass is 280 g/mol. The summed E-state index contributed by atoms with van der Waals surface area (Å²) in [7, 11) is 0. The standard InChI is InChI=1S/C10H9BrN4O/c1-6-4-13-15-9(6)14-10(16)8-3-2-7(11)5-12-8/h2-5H,1H3,(H2,13,14,15,16). The number of rotatable bonds is 2. The summed E-state index contributed by atoms with van der Waals surface area (Å²) >= 11 is 3.26. The van der Waals surface area contributed by atoms with Crippen molar-refractivity contribution in [2.24, 2.45) is 0 Å². The summed E-state index contributed by atoms with van der Waals surface area (Å²) in [6, 6.07) is 3.41. The van der Waals surface area contributed by atoms with Gasteiger partial charge in [0.1, 0.15) is 11.5 Å². The van der Waals surface area contributed by atoms with Gasteiger partial charge in [-0.15, -0.1) is 0 Å². The van der Waals surface area contributed by atoms with Crippen LogP contribution in [0.2, 0.25) is 0 Å². The maximum Gasteiger partial charge on any atom is 0.275 e. The van der Waals surface area contributed by atoms with Gasteiger partial charge < -0.3 is 5.32 Å². The van der Waals surface area contributed by atoms with Crippen LogP contribution in [-0.4, -0.2) is 21.1 Å². The Morgan fingerprint density at radius 1 is 1.44 bits per heavy atom. The molecule has 0 aliphatic heterocycles. The smallest absolute Gasteiger partial charge is 0.275 e. The van der Waals surface area contributed by atoms with Crippen LogP contribution in [0.15, 0.2) is 29.0 Å². The number of aromatic amines is 1. The van der Waals surface area contributed by atoms with Crippen molar-refractivity contribution >= 4 is 27.7 Å². The van der Waals surface area contributed by atoms with Gasteiger partial charge in [0.2, 0.25) is 0 Å². The summed E-state index contributed by atoms with van der Waals surface area (Å²) in [4.78, 5) is 15.7. The zero-order valence-electron chi connectivity index (χ0n) is 8.49. The molecule has 0 radical (unpaired) electrons. The zero-order chi connectivity index (χ0) is 11.5. The van der Waals surface area contributed by atoms with Crippen LogP contribution in [-0.2, 0) is 0 Å². The molecule has 0 unspecified atom stereocenters. The molecule has 2 aromatic rings. The number of nitrogens with one attached hydrogen (secondary N) is 2. The average Bonchev–Trinajstić information content (AvgIpc) is 2.65. The number of hydrogen-bond acceptors (Lipinski definition) is 3. The molecule has 2 aromatic heterocycles. The fourth-order valence-electron chi connectivity index (χ4n) is 1.16. The number of halogens is 1. The quantitative estimate of drug-likeness (QED) is 0.885. The number of aryl methyl sites for hydroxylation is 1. The summed E-state index contributed by atoms with van der Waals surface area (Å²) in [5, 5.41) is 9.20. The molecule has 0 aromatic carbocycles. The van der Waals surface area contributed by atoms with Gasteiger partial charge in [-0.25, -0.2) is 4.98 Å². The van der Waals surface area contributed by atoms with Crippen molar-refractivity contribution < 1.29 is 4.79 Å². The normalized spacial score (nSPS) is 10.1. The Hall–Kier alpha value is -1.69. The van der Waals surface area contributed by atoms with Crippen LogP contribution in [0, 0.1) is 6.92 Å². The van der Waals surface area contributed by atoms with Crippen LogP contribution in [0.25, 0.3) is 0 Å². The van der Waals surface area contributed by atoms with E-state index >= 15 is 0 Å². The van der Waals surface area contributed by atoms with Gasteiger partial charge >= 0.3 is 0 Å². The highest BCUT2D eigenvalue weighted by molar-refractivity contribution is 9.10. The Bertz CT molecular complexity index is 506. The number of carbonyl (C=O) groups excluding carboxylic acids is 1. The third kappa shape index (κ3) is 2.27. The number of nitrogens with zero attached hydrogens (tertiary/aromatic N) is 2. The largest absolute Gasteiger partial charge is 0.305 e. The van der Waals surface area contributed by atoms with Crippen LogP contribution < -0.4 is 5.32 Å². The second-order valence-corrected chi connectivity index (χ2v) is 4.16. The predicted molar refractivity (Wildman–Crippen MR) is 63.2 cm³/mol. The van der Waals surface area contributed by atoms with E-state index in [1.807, 2.05) is 6.92 Å². The van der Waals surface area contributed by atoms with Gasteiger partial charge in [0.05, 0.1) is 6.20 Å². The van der Waals surface area contributed by atoms with Gasteiger partial charge in [-0.1, -0.05) is 0 Å². The van der Waals surface area contributed by atoms with Crippen LogP contribution in [0.3, 0.4) is 0 Å². The number of amides is 1. The van der Waals surface area contributed by atoms with Gasteiger partial charge in [-0.3, -0.25) is 9.89 Å². The van der Waals surface area contributed by atoms with Gasteiger partial charge in [-0.2, -0.15) is 5.10 Å². The molecular formula is C10H9BrN4O. The van der Waals surface area contributed by atoms with E-state index < -0.39 is 0 Å². The Morgan fingerprint density at radius 3 is 2.81 bits per heavy atom. The van der Waals surface area contributed by atoms with Crippen molar-refractivity contribution in [3.05, 3.63) is 40.3 Å². The van der Waals surface area contributed by atoms with E-state index in [0.29, 0.717) is 11.5 Å². The van der Waals surface area contributed by atoms with Gasteiger partial charge in [-0.05, 0) is 35.0 Å². The first-order valence-electron chi connectivity index (χ1n) is 4.59.